The topological polar surface area (TPSA) is 91.0 Å². The summed E-state index contributed by atoms with van der Waals surface area (Å²) in [5.74, 6) is 2.79. The zero-order valence-electron chi connectivity index (χ0n) is 15.7. The molecule has 2 aromatic carbocycles. The van der Waals surface area contributed by atoms with Gasteiger partial charge in [0.05, 0.1) is 20.8 Å². The standard InChI is InChI=1S/C21H21NO6/c1-25-19-9-15(5-8-18-11-16(13-24)22-28-18)10-20(21(19)26-2)27-17-6-3-14(12-23)4-7-17/h3-4,6-7,9-12,24H,5,8,13H2,1-2H3. The summed E-state index contributed by atoms with van der Waals surface area (Å²) in [4.78, 5) is 10.8. The van der Waals surface area contributed by atoms with E-state index >= 15 is 0 Å². The predicted octanol–water partition coefficient (Wildman–Crippen LogP) is 3.57. The second kappa shape index (κ2) is 9.05. The molecule has 0 saturated carbocycles. The van der Waals surface area contributed by atoms with Gasteiger partial charge in [-0.2, -0.15) is 0 Å². The van der Waals surface area contributed by atoms with Crippen LogP contribution in [0.25, 0.3) is 0 Å². The van der Waals surface area contributed by atoms with E-state index in [1.165, 1.54) is 0 Å². The van der Waals surface area contributed by atoms with E-state index in [2.05, 4.69) is 5.16 Å². The number of aryl methyl sites for hydroxylation is 2. The minimum Gasteiger partial charge on any atom is -0.493 e. The number of hydrogen-bond acceptors (Lipinski definition) is 7. The number of methoxy groups -OCH3 is 2. The normalized spacial score (nSPS) is 10.5. The summed E-state index contributed by atoms with van der Waals surface area (Å²) in [7, 11) is 3.11. The van der Waals surface area contributed by atoms with Gasteiger partial charge in [-0.1, -0.05) is 5.16 Å². The molecule has 0 aliphatic rings. The number of aliphatic hydroxyl groups excluding tert-OH is 1. The Bertz CT molecular complexity index is 933. The molecular formula is C21H21NO6. The summed E-state index contributed by atoms with van der Waals surface area (Å²) in [6, 6.07) is 12.3. The Hall–Kier alpha value is -3.32. The van der Waals surface area contributed by atoms with Crippen LogP contribution in [0.1, 0.15) is 27.4 Å². The third-order valence-electron chi connectivity index (χ3n) is 4.18. The number of aliphatic hydroxyl groups is 1. The van der Waals surface area contributed by atoms with Gasteiger partial charge in [-0.25, -0.2) is 0 Å². The highest BCUT2D eigenvalue weighted by atomic mass is 16.5. The second-order valence-corrected chi connectivity index (χ2v) is 6.06. The average molecular weight is 383 g/mol. The first kappa shape index (κ1) is 19.4. The molecule has 0 amide bonds. The van der Waals surface area contributed by atoms with Gasteiger partial charge < -0.3 is 23.8 Å². The molecule has 28 heavy (non-hydrogen) atoms. The lowest BCUT2D eigenvalue weighted by Crippen LogP contribution is -1.98. The summed E-state index contributed by atoms with van der Waals surface area (Å²) in [5, 5.41) is 12.9. The number of nitrogens with zero attached hydrogens (tertiary/aromatic N) is 1. The maximum Gasteiger partial charge on any atom is 0.203 e. The average Bonchev–Trinajstić information content (AvgIpc) is 3.20. The third-order valence-corrected chi connectivity index (χ3v) is 4.18. The SMILES string of the molecule is COc1cc(CCc2cc(CO)no2)cc(Oc2ccc(C=O)cc2)c1OC. The van der Waals surface area contributed by atoms with Crippen molar-refractivity contribution in [1.82, 2.24) is 5.16 Å². The summed E-state index contributed by atoms with van der Waals surface area (Å²) in [5.41, 5.74) is 2.03. The molecule has 1 heterocycles. The van der Waals surface area contributed by atoms with E-state index in [9.17, 15) is 4.79 Å². The number of carbonyl (C=O) groups is 1. The summed E-state index contributed by atoms with van der Waals surface area (Å²) in [6.45, 7) is -0.152. The number of carbonyl (C=O) groups excluding carboxylic acids is 1. The smallest absolute Gasteiger partial charge is 0.203 e. The monoisotopic (exact) mass is 383 g/mol. The number of rotatable bonds is 9. The Labute approximate surface area is 162 Å². The van der Waals surface area contributed by atoms with Crippen molar-refractivity contribution < 1.29 is 28.6 Å². The van der Waals surface area contributed by atoms with Crippen molar-refractivity contribution in [3.63, 3.8) is 0 Å². The van der Waals surface area contributed by atoms with Crippen LogP contribution in [0.3, 0.4) is 0 Å². The van der Waals surface area contributed by atoms with Crippen LogP contribution in [-0.2, 0) is 19.4 Å². The Morgan fingerprint density at radius 1 is 1.04 bits per heavy atom. The van der Waals surface area contributed by atoms with Gasteiger partial charge in [0.1, 0.15) is 23.5 Å². The highest BCUT2D eigenvalue weighted by molar-refractivity contribution is 5.74. The molecule has 0 aliphatic carbocycles. The second-order valence-electron chi connectivity index (χ2n) is 6.06. The van der Waals surface area contributed by atoms with E-state index < -0.39 is 0 Å². The molecule has 7 nitrogen and oxygen atoms in total. The van der Waals surface area contributed by atoms with E-state index in [1.807, 2.05) is 12.1 Å². The fourth-order valence-corrected chi connectivity index (χ4v) is 2.76. The Morgan fingerprint density at radius 2 is 1.79 bits per heavy atom. The van der Waals surface area contributed by atoms with Gasteiger partial charge in [0.25, 0.3) is 0 Å². The van der Waals surface area contributed by atoms with Crippen LogP contribution in [0, 0.1) is 0 Å². The van der Waals surface area contributed by atoms with Crippen LogP contribution >= 0.6 is 0 Å². The minimum atomic E-state index is -0.152. The molecule has 1 N–H and O–H groups in total. The van der Waals surface area contributed by atoms with Gasteiger partial charge in [-0.3, -0.25) is 4.79 Å². The van der Waals surface area contributed by atoms with Crippen LogP contribution < -0.4 is 14.2 Å². The summed E-state index contributed by atoms with van der Waals surface area (Å²) in [6.07, 6.45) is 2.04. The third kappa shape index (κ3) is 4.50. The molecule has 3 aromatic rings. The number of aromatic nitrogens is 1. The van der Waals surface area contributed by atoms with Crippen molar-refractivity contribution in [3.05, 3.63) is 65.0 Å². The Morgan fingerprint density at radius 3 is 2.39 bits per heavy atom. The number of hydrogen-bond donors (Lipinski definition) is 1. The summed E-state index contributed by atoms with van der Waals surface area (Å²) >= 11 is 0. The van der Waals surface area contributed by atoms with Gasteiger partial charge in [0.15, 0.2) is 11.5 Å². The molecule has 0 aliphatic heterocycles. The minimum absolute atomic E-state index is 0.152. The van der Waals surface area contributed by atoms with Crippen LogP contribution in [0.4, 0.5) is 0 Å². The number of benzene rings is 2. The lowest BCUT2D eigenvalue weighted by molar-refractivity contribution is 0.112. The molecule has 1 aromatic heterocycles. The number of ether oxygens (including phenoxy) is 3. The molecule has 146 valence electrons. The van der Waals surface area contributed by atoms with Gasteiger partial charge in [0, 0.05) is 18.1 Å². The van der Waals surface area contributed by atoms with Crippen molar-refractivity contribution in [2.24, 2.45) is 0 Å². The zero-order valence-corrected chi connectivity index (χ0v) is 15.7. The van der Waals surface area contributed by atoms with Gasteiger partial charge >= 0.3 is 0 Å². The highest BCUT2D eigenvalue weighted by Crippen LogP contribution is 2.41. The largest absolute Gasteiger partial charge is 0.493 e. The Kier molecular flexibility index (Phi) is 6.29. The van der Waals surface area contributed by atoms with Crippen molar-refractivity contribution >= 4 is 6.29 Å². The van der Waals surface area contributed by atoms with E-state index in [-0.39, 0.29) is 6.61 Å². The lowest BCUT2D eigenvalue weighted by atomic mass is 10.1. The quantitative estimate of drug-likeness (QED) is 0.565. The maximum absolute atomic E-state index is 10.8. The van der Waals surface area contributed by atoms with Gasteiger partial charge in [-0.15, -0.1) is 0 Å². The van der Waals surface area contributed by atoms with Crippen LogP contribution in [0.5, 0.6) is 23.0 Å². The molecule has 0 bridgehead atoms. The summed E-state index contributed by atoms with van der Waals surface area (Å²) < 4.78 is 22.1. The highest BCUT2D eigenvalue weighted by Gasteiger charge is 2.15. The van der Waals surface area contributed by atoms with Crippen LogP contribution in [0.2, 0.25) is 0 Å². The fourth-order valence-electron chi connectivity index (χ4n) is 2.76. The predicted molar refractivity (Wildman–Crippen MR) is 101 cm³/mol. The lowest BCUT2D eigenvalue weighted by Gasteiger charge is -2.15. The van der Waals surface area contributed by atoms with Crippen molar-refractivity contribution in [1.29, 1.82) is 0 Å². The van der Waals surface area contributed by atoms with Gasteiger partial charge in [-0.05, 0) is 48.4 Å². The molecule has 7 heteroatoms. The molecule has 3 rings (SSSR count). The maximum atomic E-state index is 10.8. The van der Waals surface area contributed by atoms with E-state index in [0.717, 1.165) is 11.8 Å². The first-order chi connectivity index (χ1) is 13.7. The first-order valence-electron chi connectivity index (χ1n) is 8.70. The number of aldehydes is 1. The molecule has 0 saturated heterocycles. The van der Waals surface area contributed by atoms with E-state index in [1.54, 1.807) is 44.6 Å². The molecular weight excluding hydrogens is 362 g/mol. The molecule has 0 fully saturated rings. The molecule has 0 spiro atoms. The zero-order chi connectivity index (χ0) is 19.9. The van der Waals surface area contributed by atoms with Crippen LogP contribution in [0.15, 0.2) is 47.0 Å². The Balaban J connectivity index is 1.84. The fraction of sp³-hybridized carbons (Fsp3) is 0.238. The van der Waals surface area contributed by atoms with Crippen LogP contribution in [-0.4, -0.2) is 30.8 Å². The molecule has 0 atom stereocenters. The van der Waals surface area contributed by atoms with Gasteiger partial charge in [0.2, 0.25) is 5.75 Å². The first-order valence-corrected chi connectivity index (χ1v) is 8.70. The van der Waals surface area contributed by atoms with E-state index in [0.29, 0.717) is 52.9 Å². The van der Waals surface area contributed by atoms with Crippen molar-refractivity contribution in [2.75, 3.05) is 14.2 Å². The molecule has 0 unspecified atom stereocenters. The molecule has 0 radical (unpaired) electrons. The van der Waals surface area contributed by atoms with Crippen molar-refractivity contribution in [2.45, 2.75) is 19.4 Å². The van der Waals surface area contributed by atoms with E-state index in [4.69, 9.17) is 23.8 Å². The van der Waals surface area contributed by atoms with Crippen molar-refractivity contribution in [3.8, 4) is 23.0 Å².